The van der Waals surface area contributed by atoms with Gasteiger partial charge < -0.3 is 26.7 Å². The van der Waals surface area contributed by atoms with E-state index in [-0.39, 0.29) is 29.8 Å². The third-order valence-electron chi connectivity index (χ3n) is 5.86. The van der Waals surface area contributed by atoms with Crippen LogP contribution in [0, 0.1) is 6.92 Å². The van der Waals surface area contributed by atoms with Gasteiger partial charge in [0.15, 0.2) is 5.96 Å². The Morgan fingerprint density at radius 3 is 2.88 bits per heavy atom. The number of hydrogen-bond donors (Lipinski definition) is 4. The molecule has 0 saturated heterocycles. The normalized spacial score (nSPS) is 18.1. The van der Waals surface area contributed by atoms with Crippen LogP contribution in [0.1, 0.15) is 48.3 Å². The summed E-state index contributed by atoms with van der Waals surface area (Å²) in [6.45, 7) is 3.32. The number of nitrogens with two attached hydrogens (primary N) is 2. The van der Waals surface area contributed by atoms with Gasteiger partial charge in [-0.15, -0.1) is 0 Å². The molecule has 2 heterocycles. The number of anilines is 1. The zero-order chi connectivity index (χ0) is 23.2. The molecular formula is C23H31N9O. The highest BCUT2D eigenvalue weighted by molar-refractivity contribution is 5.96. The summed E-state index contributed by atoms with van der Waals surface area (Å²) in [5.74, 6) is 0.573. The van der Waals surface area contributed by atoms with E-state index < -0.39 is 0 Å². The summed E-state index contributed by atoms with van der Waals surface area (Å²) in [5.41, 5.74) is 13.1. The van der Waals surface area contributed by atoms with Crippen molar-refractivity contribution in [2.75, 3.05) is 11.9 Å². The van der Waals surface area contributed by atoms with Crippen LogP contribution in [0.5, 0.6) is 0 Å². The number of nitrogens with one attached hydrogen (secondary N) is 2. The fourth-order valence-corrected chi connectivity index (χ4v) is 4.22. The molecule has 0 spiro atoms. The van der Waals surface area contributed by atoms with Crippen LogP contribution in [0.2, 0.25) is 0 Å². The number of aryl methyl sites for hydroxylation is 2. The predicted molar refractivity (Wildman–Crippen MR) is 129 cm³/mol. The molecule has 4 rings (SSSR count). The number of aromatic nitrogens is 4. The van der Waals surface area contributed by atoms with Gasteiger partial charge in [-0.3, -0.25) is 4.79 Å². The lowest BCUT2D eigenvalue weighted by Gasteiger charge is -2.30. The van der Waals surface area contributed by atoms with Crippen LogP contribution >= 0.6 is 0 Å². The van der Waals surface area contributed by atoms with Crippen molar-refractivity contribution in [1.82, 2.24) is 24.8 Å². The molecule has 1 aliphatic carbocycles. The molecule has 2 atom stereocenters. The molecule has 3 aromatic rings. The lowest BCUT2D eigenvalue weighted by Crippen LogP contribution is -2.38. The maximum atomic E-state index is 12.8. The molecule has 2 unspecified atom stereocenters. The van der Waals surface area contributed by atoms with Gasteiger partial charge in [-0.25, -0.2) is 19.9 Å². The highest BCUT2D eigenvalue weighted by atomic mass is 16.2. The largest absolute Gasteiger partial charge is 0.370 e. The minimum atomic E-state index is -0.296. The number of benzene rings is 1. The van der Waals surface area contributed by atoms with Crippen LogP contribution in [0.4, 0.5) is 5.82 Å². The summed E-state index contributed by atoms with van der Waals surface area (Å²) in [7, 11) is 0. The Morgan fingerprint density at radius 1 is 1.24 bits per heavy atom. The van der Waals surface area contributed by atoms with Crippen LogP contribution in [-0.4, -0.2) is 50.0 Å². The van der Waals surface area contributed by atoms with Crippen molar-refractivity contribution in [1.29, 1.82) is 0 Å². The molecule has 10 nitrogen and oxygen atoms in total. The molecule has 2 aromatic heterocycles. The van der Waals surface area contributed by atoms with Crippen molar-refractivity contribution in [2.45, 2.75) is 57.7 Å². The summed E-state index contributed by atoms with van der Waals surface area (Å²) < 4.78 is 1.97. The lowest BCUT2D eigenvalue weighted by molar-refractivity contribution is 0.0943. The van der Waals surface area contributed by atoms with Crippen molar-refractivity contribution in [3.05, 3.63) is 48.3 Å². The molecule has 33 heavy (non-hydrogen) atoms. The van der Waals surface area contributed by atoms with Crippen LogP contribution in [0.25, 0.3) is 10.9 Å². The number of carbonyl (C=O) groups is 1. The Balaban J connectivity index is 1.54. The SMILES string of the molecule is Cc1ccc2nc(C(=O)NCCCn3ccnc3)nc(NC3CCCCC3N=C(N)N)c2c1. The van der Waals surface area contributed by atoms with E-state index in [1.54, 1.807) is 12.5 Å². The number of carbonyl (C=O) groups excluding carboxylic acids is 1. The van der Waals surface area contributed by atoms with E-state index in [0.717, 1.165) is 55.1 Å². The first kappa shape index (κ1) is 22.5. The van der Waals surface area contributed by atoms with Crippen LogP contribution in [0.3, 0.4) is 0 Å². The minimum Gasteiger partial charge on any atom is -0.370 e. The summed E-state index contributed by atoms with van der Waals surface area (Å²) in [5, 5.41) is 7.33. The second kappa shape index (κ2) is 10.3. The minimum absolute atomic E-state index is 0.0287. The quantitative estimate of drug-likeness (QED) is 0.233. The predicted octanol–water partition coefficient (Wildman–Crippen LogP) is 1.95. The van der Waals surface area contributed by atoms with Gasteiger partial charge in [0, 0.05) is 30.9 Å². The average Bonchev–Trinajstić information content (AvgIpc) is 3.31. The third kappa shape index (κ3) is 5.76. The van der Waals surface area contributed by atoms with Crippen molar-refractivity contribution in [3.63, 3.8) is 0 Å². The molecule has 10 heteroatoms. The molecule has 1 fully saturated rings. The number of rotatable bonds is 8. The van der Waals surface area contributed by atoms with E-state index in [2.05, 4.69) is 30.6 Å². The molecule has 0 bridgehead atoms. The summed E-state index contributed by atoms with van der Waals surface area (Å²) in [6.07, 6.45) is 10.2. The number of guanidine groups is 1. The fourth-order valence-electron chi connectivity index (χ4n) is 4.22. The Kier molecular flexibility index (Phi) is 7.01. The van der Waals surface area contributed by atoms with Crippen LogP contribution in [0.15, 0.2) is 41.9 Å². The smallest absolute Gasteiger partial charge is 0.289 e. The Labute approximate surface area is 192 Å². The summed E-state index contributed by atoms with van der Waals surface area (Å²) in [4.78, 5) is 30.4. The zero-order valence-electron chi connectivity index (χ0n) is 18.9. The maximum absolute atomic E-state index is 12.8. The first-order valence-corrected chi connectivity index (χ1v) is 11.4. The van der Waals surface area contributed by atoms with Gasteiger partial charge in [0.05, 0.1) is 23.9 Å². The maximum Gasteiger partial charge on any atom is 0.289 e. The number of amides is 1. The van der Waals surface area contributed by atoms with Crippen molar-refractivity contribution in [2.24, 2.45) is 16.5 Å². The molecule has 0 radical (unpaired) electrons. The van der Waals surface area contributed by atoms with E-state index in [1.807, 2.05) is 35.9 Å². The van der Waals surface area contributed by atoms with Gasteiger partial charge in [-0.2, -0.15) is 0 Å². The highest BCUT2D eigenvalue weighted by Crippen LogP contribution is 2.28. The molecule has 1 amide bonds. The molecule has 1 saturated carbocycles. The fraction of sp³-hybridized carbons (Fsp3) is 0.435. The molecular weight excluding hydrogens is 418 g/mol. The van der Waals surface area contributed by atoms with Crippen LogP contribution in [-0.2, 0) is 6.54 Å². The molecule has 174 valence electrons. The zero-order valence-corrected chi connectivity index (χ0v) is 18.9. The van der Waals surface area contributed by atoms with Gasteiger partial charge in [0.2, 0.25) is 5.82 Å². The first-order chi connectivity index (χ1) is 16.0. The number of imidazole rings is 1. The first-order valence-electron chi connectivity index (χ1n) is 11.4. The summed E-state index contributed by atoms with van der Waals surface area (Å²) in [6, 6.07) is 5.93. The standard InChI is InChI=1S/C23H31N9O/c1-15-7-8-17-16(13-15)20(29-18-5-2-3-6-19(18)30-23(24)25)31-21(28-17)22(33)27-9-4-11-32-12-10-26-14-32/h7-8,10,12-14,18-19H,2-6,9,11H2,1H3,(H,27,33)(H4,24,25,30)(H,28,29,31). The number of hydrogen-bond acceptors (Lipinski definition) is 6. The lowest BCUT2D eigenvalue weighted by atomic mass is 9.90. The van der Waals surface area contributed by atoms with E-state index in [4.69, 9.17) is 11.5 Å². The van der Waals surface area contributed by atoms with Crippen LogP contribution < -0.4 is 22.1 Å². The Morgan fingerprint density at radius 2 is 2.09 bits per heavy atom. The number of nitrogens with zero attached hydrogens (tertiary/aromatic N) is 5. The average molecular weight is 450 g/mol. The Bertz CT molecular complexity index is 1120. The highest BCUT2D eigenvalue weighted by Gasteiger charge is 2.26. The van der Waals surface area contributed by atoms with E-state index in [0.29, 0.717) is 12.4 Å². The van der Waals surface area contributed by atoms with Gasteiger partial charge in [-0.05, 0) is 38.3 Å². The molecule has 1 aliphatic rings. The number of aliphatic imine (C=N–C) groups is 1. The monoisotopic (exact) mass is 449 g/mol. The molecule has 0 aliphatic heterocycles. The second-order valence-electron chi connectivity index (χ2n) is 8.48. The number of fused-ring (bicyclic) bond motifs is 1. The van der Waals surface area contributed by atoms with E-state index in [9.17, 15) is 4.79 Å². The Hall–Kier alpha value is -3.69. The van der Waals surface area contributed by atoms with E-state index >= 15 is 0 Å². The van der Waals surface area contributed by atoms with Gasteiger partial charge in [0.25, 0.3) is 5.91 Å². The van der Waals surface area contributed by atoms with Gasteiger partial charge >= 0.3 is 0 Å². The van der Waals surface area contributed by atoms with E-state index in [1.165, 1.54) is 0 Å². The van der Waals surface area contributed by atoms with Crippen molar-refractivity contribution in [3.8, 4) is 0 Å². The van der Waals surface area contributed by atoms with Gasteiger partial charge in [-0.1, -0.05) is 24.5 Å². The topological polar surface area (TPSA) is 149 Å². The molecule has 6 N–H and O–H groups in total. The summed E-state index contributed by atoms with van der Waals surface area (Å²) >= 11 is 0. The van der Waals surface area contributed by atoms with Crippen molar-refractivity contribution < 1.29 is 4.79 Å². The third-order valence-corrected chi connectivity index (χ3v) is 5.86. The van der Waals surface area contributed by atoms with Gasteiger partial charge in [0.1, 0.15) is 5.82 Å². The van der Waals surface area contributed by atoms with Crippen molar-refractivity contribution >= 4 is 28.6 Å². The second-order valence-corrected chi connectivity index (χ2v) is 8.48. The molecule has 1 aromatic carbocycles.